The molecule has 1 aliphatic carbocycles. The fourth-order valence-corrected chi connectivity index (χ4v) is 4.14. The third-order valence-corrected chi connectivity index (χ3v) is 5.68. The maximum atomic E-state index is 12.8. The van der Waals surface area contributed by atoms with E-state index < -0.39 is 24.0 Å². The van der Waals surface area contributed by atoms with E-state index in [0.29, 0.717) is 0 Å². The van der Waals surface area contributed by atoms with Crippen molar-refractivity contribution in [2.75, 3.05) is 7.11 Å². The van der Waals surface area contributed by atoms with Crippen LogP contribution < -0.4 is 10.1 Å². The van der Waals surface area contributed by atoms with E-state index in [9.17, 15) is 14.7 Å². The lowest BCUT2D eigenvalue weighted by molar-refractivity contribution is -0.150. The Labute approximate surface area is 186 Å². The van der Waals surface area contributed by atoms with Gasteiger partial charge in [-0.05, 0) is 36.1 Å². The Hall–Kier alpha value is -3.87. The van der Waals surface area contributed by atoms with E-state index in [1.54, 1.807) is 0 Å². The van der Waals surface area contributed by atoms with Crippen molar-refractivity contribution in [2.24, 2.45) is 0 Å². The standard InChI is InChI=1S/C25H24N2O5/c1-14(27-24(29)22-23(28)20(31-3)12-13-26-22)25(30)32-15(2)21-18-10-6-4-8-16(18)17-9-5-7-11-19(17)21/h4-15,21,28H,1-3H3,(H,27,29)/t14-,15?/m0/s1. The van der Waals surface area contributed by atoms with E-state index >= 15 is 0 Å². The van der Waals surface area contributed by atoms with Crippen molar-refractivity contribution in [3.8, 4) is 22.6 Å². The molecule has 2 atom stereocenters. The molecule has 7 nitrogen and oxygen atoms in total. The highest BCUT2D eigenvalue weighted by atomic mass is 16.5. The summed E-state index contributed by atoms with van der Waals surface area (Å²) in [7, 11) is 1.37. The number of nitrogens with one attached hydrogen (secondary N) is 1. The second-order valence-corrected chi connectivity index (χ2v) is 7.70. The fraction of sp³-hybridized carbons (Fsp3) is 0.240. The molecule has 1 heterocycles. The second-order valence-electron chi connectivity index (χ2n) is 7.70. The van der Waals surface area contributed by atoms with Crippen LogP contribution in [0.4, 0.5) is 0 Å². The molecule has 0 saturated carbocycles. The molecule has 0 bridgehead atoms. The van der Waals surface area contributed by atoms with Crippen LogP contribution in [-0.2, 0) is 9.53 Å². The molecule has 0 fully saturated rings. The summed E-state index contributed by atoms with van der Waals surface area (Å²) in [6.45, 7) is 3.38. The zero-order valence-electron chi connectivity index (χ0n) is 18.0. The average Bonchev–Trinajstić information content (AvgIpc) is 3.13. The Kier molecular flexibility index (Phi) is 5.81. The number of methoxy groups -OCH3 is 1. The van der Waals surface area contributed by atoms with Gasteiger partial charge in [-0.1, -0.05) is 48.5 Å². The predicted molar refractivity (Wildman–Crippen MR) is 119 cm³/mol. The number of benzene rings is 2. The van der Waals surface area contributed by atoms with E-state index in [0.717, 1.165) is 22.3 Å². The topological polar surface area (TPSA) is 97.8 Å². The average molecular weight is 432 g/mol. The van der Waals surface area contributed by atoms with Gasteiger partial charge >= 0.3 is 5.97 Å². The van der Waals surface area contributed by atoms with Crippen LogP contribution in [0.5, 0.6) is 11.5 Å². The van der Waals surface area contributed by atoms with Crippen molar-refractivity contribution in [2.45, 2.75) is 31.9 Å². The number of aromatic nitrogens is 1. The molecule has 1 aromatic heterocycles. The summed E-state index contributed by atoms with van der Waals surface area (Å²) in [6, 6.07) is 16.7. The number of carbonyl (C=O) groups excluding carboxylic acids is 2. The van der Waals surface area contributed by atoms with Crippen LogP contribution in [0.2, 0.25) is 0 Å². The van der Waals surface area contributed by atoms with Gasteiger partial charge < -0.3 is 19.9 Å². The third-order valence-electron chi connectivity index (χ3n) is 5.68. The largest absolute Gasteiger partial charge is 0.503 e. The van der Waals surface area contributed by atoms with E-state index in [4.69, 9.17) is 9.47 Å². The highest BCUT2D eigenvalue weighted by Crippen LogP contribution is 2.46. The molecule has 0 saturated heterocycles. The number of rotatable bonds is 6. The Bertz CT molecular complexity index is 1130. The summed E-state index contributed by atoms with van der Waals surface area (Å²) < 4.78 is 10.8. The first-order valence-electron chi connectivity index (χ1n) is 10.3. The summed E-state index contributed by atoms with van der Waals surface area (Å²) in [5.74, 6) is -1.64. The lowest BCUT2D eigenvalue weighted by atomic mass is 9.92. The van der Waals surface area contributed by atoms with Crippen LogP contribution in [-0.4, -0.2) is 41.2 Å². The first-order valence-corrected chi connectivity index (χ1v) is 10.3. The van der Waals surface area contributed by atoms with Gasteiger partial charge in [0.2, 0.25) is 0 Å². The van der Waals surface area contributed by atoms with Crippen LogP contribution in [0, 0.1) is 0 Å². The van der Waals surface area contributed by atoms with E-state index in [2.05, 4.69) is 22.4 Å². The predicted octanol–water partition coefficient (Wildman–Crippen LogP) is 3.66. The van der Waals surface area contributed by atoms with Crippen molar-refractivity contribution in [3.63, 3.8) is 0 Å². The number of hydrogen-bond acceptors (Lipinski definition) is 6. The molecule has 4 rings (SSSR count). The van der Waals surface area contributed by atoms with Crippen LogP contribution in [0.25, 0.3) is 11.1 Å². The van der Waals surface area contributed by atoms with E-state index in [-0.39, 0.29) is 23.1 Å². The van der Waals surface area contributed by atoms with Crippen molar-refractivity contribution in [1.82, 2.24) is 10.3 Å². The molecule has 164 valence electrons. The first-order chi connectivity index (χ1) is 15.4. The number of aromatic hydroxyl groups is 1. The number of nitrogens with zero attached hydrogens (tertiary/aromatic N) is 1. The smallest absolute Gasteiger partial charge is 0.328 e. The molecule has 1 amide bonds. The summed E-state index contributed by atoms with van der Waals surface area (Å²) in [6.07, 6.45) is 0.892. The van der Waals surface area contributed by atoms with Gasteiger partial charge in [-0.15, -0.1) is 0 Å². The van der Waals surface area contributed by atoms with Crippen molar-refractivity contribution in [3.05, 3.63) is 77.6 Å². The molecular weight excluding hydrogens is 408 g/mol. The summed E-state index contributed by atoms with van der Waals surface area (Å²) in [5.41, 5.74) is 4.26. The summed E-state index contributed by atoms with van der Waals surface area (Å²) in [5, 5.41) is 12.7. The quantitative estimate of drug-likeness (QED) is 0.577. The van der Waals surface area contributed by atoms with Gasteiger partial charge in [-0.2, -0.15) is 0 Å². The van der Waals surface area contributed by atoms with Crippen LogP contribution in [0.15, 0.2) is 60.8 Å². The molecule has 3 aromatic rings. The molecule has 32 heavy (non-hydrogen) atoms. The molecule has 0 spiro atoms. The van der Waals surface area contributed by atoms with E-state index in [1.807, 2.05) is 43.3 Å². The third kappa shape index (κ3) is 3.77. The van der Waals surface area contributed by atoms with Crippen LogP contribution in [0.3, 0.4) is 0 Å². The number of hydrogen-bond donors (Lipinski definition) is 2. The zero-order valence-corrected chi connectivity index (χ0v) is 18.0. The molecule has 2 aromatic carbocycles. The monoisotopic (exact) mass is 432 g/mol. The Morgan fingerprint density at radius 1 is 1.00 bits per heavy atom. The highest BCUT2D eigenvalue weighted by molar-refractivity contribution is 5.97. The Balaban J connectivity index is 1.48. The van der Waals surface area contributed by atoms with Gasteiger partial charge in [0.25, 0.3) is 5.91 Å². The maximum Gasteiger partial charge on any atom is 0.328 e. The van der Waals surface area contributed by atoms with Crippen molar-refractivity contribution in [1.29, 1.82) is 0 Å². The van der Waals surface area contributed by atoms with Crippen molar-refractivity contribution >= 4 is 11.9 Å². The summed E-state index contributed by atoms with van der Waals surface area (Å²) in [4.78, 5) is 29.2. The molecule has 1 unspecified atom stereocenters. The number of carbonyl (C=O) groups is 2. The lowest BCUT2D eigenvalue weighted by Crippen LogP contribution is -2.41. The molecule has 1 aliphatic rings. The highest BCUT2D eigenvalue weighted by Gasteiger charge is 2.35. The maximum absolute atomic E-state index is 12.8. The number of amides is 1. The van der Waals surface area contributed by atoms with Gasteiger partial charge in [0, 0.05) is 18.2 Å². The normalized spacial score (nSPS) is 14.1. The fourth-order valence-electron chi connectivity index (χ4n) is 4.14. The molecule has 7 heteroatoms. The minimum Gasteiger partial charge on any atom is -0.503 e. The zero-order chi connectivity index (χ0) is 22.8. The van der Waals surface area contributed by atoms with Gasteiger partial charge in [-0.3, -0.25) is 4.79 Å². The second kappa shape index (κ2) is 8.70. The van der Waals surface area contributed by atoms with E-state index in [1.165, 1.54) is 26.3 Å². The minimum atomic E-state index is -0.941. The lowest BCUT2D eigenvalue weighted by Gasteiger charge is -2.24. The summed E-state index contributed by atoms with van der Waals surface area (Å²) >= 11 is 0. The van der Waals surface area contributed by atoms with Crippen molar-refractivity contribution < 1.29 is 24.2 Å². The molecular formula is C25H24N2O5. The molecule has 0 radical (unpaired) electrons. The number of pyridine rings is 1. The van der Waals surface area contributed by atoms with Gasteiger partial charge in [0.15, 0.2) is 17.2 Å². The van der Waals surface area contributed by atoms with Gasteiger partial charge in [-0.25, -0.2) is 9.78 Å². The number of ether oxygens (including phenoxy) is 2. The minimum absolute atomic E-state index is 0.0988. The first kappa shape index (κ1) is 21.4. The van der Waals surface area contributed by atoms with Crippen LogP contribution in [0.1, 0.15) is 41.4 Å². The van der Waals surface area contributed by atoms with Gasteiger partial charge in [0.1, 0.15) is 12.1 Å². The molecule has 0 aliphatic heterocycles. The van der Waals surface area contributed by atoms with Gasteiger partial charge in [0.05, 0.1) is 7.11 Å². The number of esters is 1. The number of fused-ring (bicyclic) bond motifs is 3. The molecule has 2 N–H and O–H groups in total. The van der Waals surface area contributed by atoms with Crippen LogP contribution >= 0.6 is 0 Å². The Morgan fingerprint density at radius 2 is 1.59 bits per heavy atom. The Morgan fingerprint density at radius 3 is 2.19 bits per heavy atom. The SMILES string of the molecule is COc1ccnc(C(=O)N[C@@H](C)C(=O)OC(C)C2c3ccccc3-c3ccccc32)c1O.